The van der Waals surface area contributed by atoms with Crippen LogP contribution < -0.4 is 5.73 Å². The van der Waals surface area contributed by atoms with Crippen LogP contribution in [-0.4, -0.2) is 44.6 Å². The second-order valence-corrected chi connectivity index (χ2v) is 6.09. The third kappa shape index (κ3) is 2.50. The van der Waals surface area contributed by atoms with Crippen molar-refractivity contribution in [3.05, 3.63) is 12.4 Å². The van der Waals surface area contributed by atoms with E-state index in [4.69, 9.17) is 5.73 Å². The molecule has 0 aromatic carbocycles. The highest BCUT2D eigenvalue weighted by atomic mass is 15.4. The predicted molar refractivity (Wildman–Crippen MR) is 67.5 cm³/mol. The Morgan fingerprint density at radius 2 is 2.00 bits per heavy atom. The summed E-state index contributed by atoms with van der Waals surface area (Å²) in [5.41, 5.74) is 6.50. The highest BCUT2D eigenvalue weighted by Gasteiger charge is 2.37. The van der Waals surface area contributed by atoms with Crippen LogP contribution in [0, 0.1) is 5.92 Å². The van der Waals surface area contributed by atoms with E-state index in [1.165, 1.54) is 0 Å². The molecule has 0 amide bonds. The Balaban J connectivity index is 2.14. The van der Waals surface area contributed by atoms with E-state index in [1.807, 2.05) is 10.9 Å². The number of aromatic nitrogens is 3. The van der Waals surface area contributed by atoms with Crippen LogP contribution in [0.3, 0.4) is 0 Å². The fourth-order valence-corrected chi connectivity index (χ4v) is 2.70. The predicted octanol–water partition coefficient (Wildman–Crippen LogP) is 0.897. The van der Waals surface area contributed by atoms with Gasteiger partial charge in [-0.1, -0.05) is 12.1 Å². The molecule has 2 N–H and O–H groups in total. The lowest BCUT2D eigenvalue weighted by Gasteiger charge is -2.46. The van der Waals surface area contributed by atoms with Crippen LogP contribution in [0.2, 0.25) is 0 Å². The number of nitrogens with zero attached hydrogens (tertiary/aromatic N) is 4. The Bertz CT molecular complexity index is 341. The number of hydrogen-bond donors (Lipinski definition) is 1. The minimum absolute atomic E-state index is 0.111. The molecule has 2 heterocycles. The zero-order chi connectivity index (χ0) is 12.6. The largest absolute Gasteiger partial charge is 0.325 e. The summed E-state index contributed by atoms with van der Waals surface area (Å²) in [6, 6.07) is 0.371. The molecule has 1 saturated heterocycles. The molecule has 0 radical (unpaired) electrons. The quantitative estimate of drug-likeness (QED) is 0.788. The number of piperidine rings is 1. The Hall–Kier alpha value is -0.940. The SMILES string of the molecule is C[C@H]1CN(C(C)(C)C)C[C@@H](N)[C@H]1n1ccnn1. The van der Waals surface area contributed by atoms with E-state index in [0.29, 0.717) is 5.92 Å². The molecular formula is C12H23N5. The summed E-state index contributed by atoms with van der Waals surface area (Å²) in [5, 5.41) is 7.97. The number of likely N-dealkylation sites (tertiary alicyclic amines) is 1. The molecule has 0 bridgehead atoms. The van der Waals surface area contributed by atoms with Gasteiger partial charge in [0.25, 0.3) is 0 Å². The molecule has 5 heteroatoms. The highest BCUT2D eigenvalue weighted by Crippen LogP contribution is 2.30. The minimum Gasteiger partial charge on any atom is -0.325 e. The standard InChI is InChI=1S/C12H23N5/c1-9-7-16(12(2,3)4)8-10(13)11(9)17-6-5-14-15-17/h5-6,9-11H,7-8,13H2,1-4H3/t9-,10+,11-/m0/s1. The third-order valence-corrected chi connectivity index (χ3v) is 3.66. The van der Waals surface area contributed by atoms with E-state index in [-0.39, 0.29) is 17.6 Å². The van der Waals surface area contributed by atoms with E-state index in [0.717, 1.165) is 13.1 Å². The lowest BCUT2D eigenvalue weighted by atomic mass is 9.87. The molecule has 1 aromatic rings. The van der Waals surface area contributed by atoms with Gasteiger partial charge in [-0.2, -0.15) is 0 Å². The summed E-state index contributed by atoms with van der Waals surface area (Å²) < 4.78 is 1.91. The molecule has 17 heavy (non-hydrogen) atoms. The van der Waals surface area contributed by atoms with Gasteiger partial charge in [-0.25, -0.2) is 4.68 Å². The van der Waals surface area contributed by atoms with Gasteiger partial charge in [-0.3, -0.25) is 4.90 Å². The van der Waals surface area contributed by atoms with Crippen LogP contribution in [0.5, 0.6) is 0 Å². The zero-order valence-electron chi connectivity index (χ0n) is 11.2. The fourth-order valence-electron chi connectivity index (χ4n) is 2.70. The Kier molecular flexibility index (Phi) is 3.23. The van der Waals surface area contributed by atoms with E-state index in [1.54, 1.807) is 6.20 Å². The van der Waals surface area contributed by atoms with Crippen molar-refractivity contribution in [3.8, 4) is 0 Å². The van der Waals surface area contributed by atoms with Gasteiger partial charge in [0.05, 0.1) is 12.2 Å². The molecule has 96 valence electrons. The fraction of sp³-hybridized carbons (Fsp3) is 0.833. The van der Waals surface area contributed by atoms with Crippen LogP contribution in [0.15, 0.2) is 12.4 Å². The van der Waals surface area contributed by atoms with Crippen molar-refractivity contribution in [1.29, 1.82) is 0 Å². The third-order valence-electron chi connectivity index (χ3n) is 3.66. The summed E-state index contributed by atoms with van der Waals surface area (Å²) >= 11 is 0. The second kappa shape index (κ2) is 4.38. The Morgan fingerprint density at radius 1 is 1.29 bits per heavy atom. The maximum Gasteiger partial charge on any atom is 0.0737 e. The van der Waals surface area contributed by atoms with Crippen molar-refractivity contribution in [2.75, 3.05) is 13.1 Å². The summed E-state index contributed by atoms with van der Waals surface area (Å²) in [4.78, 5) is 2.45. The highest BCUT2D eigenvalue weighted by molar-refractivity contribution is 4.94. The minimum atomic E-state index is 0.111. The van der Waals surface area contributed by atoms with Gasteiger partial charge < -0.3 is 5.73 Å². The first-order chi connectivity index (χ1) is 7.89. The zero-order valence-corrected chi connectivity index (χ0v) is 11.2. The molecule has 1 aliphatic rings. The van der Waals surface area contributed by atoms with Crippen molar-refractivity contribution in [2.24, 2.45) is 11.7 Å². The molecular weight excluding hydrogens is 214 g/mol. The molecule has 2 rings (SSSR count). The van der Waals surface area contributed by atoms with Gasteiger partial charge in [-0.15, -0.1) is 5.10 Å². The van der Waals surface area contributed by atoms with Gasteiger partial charge in [0.1, 0.15) is 0 Å². The van der Waals surface area contributed by atoms with Crippen molar-refractivity contribution < 1.29 is 0 Å². The molecule has 0 unspecified atom stereocenters. The first kappa shape index (κ1) is 12.5. The first-order valence-electron chi connectivity index (χ1n) is 6.26. The van der Waals surface area contributed by atoms with Crippen LogP contribution >= 0.6 is 0 Å². The van der Waals surface area contributed by atoms with Gasteiger partial charge >= 0.3 is 0 Å². The van der Waals surface area contributed by atoms with Crippen molar-refractivity contribution in [1.82, 2.24) is 19.9 Å². The summed E-state index contributed by atoms with van der Waals surface area (Å²) in [5.74, 6) is 0.486. The van der Waals surface area contributed by atoms with Gasteiger partial charge in [0.15, 0.2) is 0 Å². The topological polar surface area (TPSA) is 60.0 Å². The van der Waals surface area contributed by atoms with Gasteiger partial charge in [-0.05, 0) is 26.7 Å². The molecule has 0 aliphatic carbocycles. The average Bonchev–Trinajstić information content (AvgIpc) is 2.68. The van der Waals surface area contributed by atoms with E-state index in [9.17, 15) is 0 Å². The summed E-state index contributed by atoms with van der Waals surface area (Å²) in [7, 11) is 0. The van der Waals surface area contributed by atoms with Crippen molar-refractivity contribution >= 4 is 0 Å². The van der Waals surface area contributed by atoms with E-state index in [2.05, 4.69) is 42.9 Å². The molecule has 1 aromatic heterocycles. The van der Waals surface area contributed by atoms with E-state index < -0.39 is 0 Å². The molecule has 1 fully saturated rings. The van der Waals surface area contributed by atoms with Crippen LogP contribution in [0.25, 0.3) is 0 Å². The van der Waals surface area contributed by atoms with Crippen molar-refractivity contribution in [3.63, 3.8) is 0 Å². The molecule has 5 nitrogen and oxygen atoms in total. The van der Waals surface area contributed by atoms with Gasteiger partial charge in [0.2, 0.25) is 0 Å². The number of hydrogen-bond acceptors (Lipinski definition) is 4. The average molecular weight is 237 g/mol. The van der Waals surface area contributed by atoms with Gasteiger partial charge in [0, 0.05) is 30.9 Å². The second-order valence-electron chi connectivity index (χ2n) is 6.09. The lowest BCUT2D eigenvalue weighted by Crippen LogP contribution is -2.58. The molecule has 1 aliphatic heterocycles. The summed E-state index contributed by atoms with van der Waals surface area (Å²) in [6.07, 6.45) is 3.63. The first-order valence-corrected chi connectivity index (χ1v) is 6.26. The van der Waals surface area contributed by atoms with Crippen LogP contribution in [0.1, 0.15) is 33.7 Å². The maximum absolute atomic E-state index is 6.32. The van der Waals surface area contributed by atoms with Crippen LogP contribution in [-0.2, 0) is 0 Å². The monoisotopic (exact) mass is 237 g/mol. The molecule has 0 spiro atoms. The lowest BCUT2D eigenvalue weighted by molar-refractivity contribution is 0.0387. The maximum atomic E-state index is 6.32. The number of rotatable bonds is 1. The normalized spacial score (nSPS) is 31.7. The molecule has 3 atom stereocenters. The van der Waals surface area contributed by atoms with E-state index >= 15 is 0 Å². The number of nitrogens with two attached hydrogens (primary N) is 1. The van der Waals surface area contributed by atoms with Crippen molar-refractivity contribution in [2.45, 2.75) is 45.3 Å². The molecule has 0 saturated carbocycles. The Morgan fingerprint density at radius 3 is 2.47 bits per heavy atom. The Labute approximate surface area is 103 Å². The smallest absolute Gasteiger partial charge is 0.0737 e. The van der Waals surface area contributed by atoms with Crippen LogP contribution in [0.4, 0.5) is 0 Å². The summed E-state index contributed by atoms with van der Waals surface area (Å²) in [6.45, 7) is 10.9.